The fraction of sp³-hybridized carbons (Fsp3) is 0.500. The van der Waals surface area contributed by atoms with Crippen molar-refractivity contribution in [3.63, 3.8) is 0 Å². The van der Waals surface area contributed by atoms with E-state index in [-0.39, 0.29) is 0 Å². The van der Waals surface area contributed by atoms with Crippen LogP contribution in [0.5, 0.6) is 0 Å². The van der Waals surface area contributed by atoms with E-state index in [0.717, 1.165) is 18.4 Å². The monoisotopic (exact) mass is 166 g/mol. The molecular formula is C10H18N2. The normalized spacial score (nSPS) is 8.58. The van der Waals surface area contributed by atoms with Crippen LogP contribution >= 0.6 is 0 Å². The van der Waals surface area contributed by atoms with Gasteiger partial charge in [0.15, 0.2) is 0 Å². The van der Waals surface area contributed by atoms with Crippen LogP contribution in [0.25, 0.3) is 0 Å². The highest BCUT2D eigenvalue weighted by atomic mass is 14.8. The highest BCUT2D eigenvalue weighted by molar-refractivity contribution is 5.38. The van der Waals surface area contributed by atoms with Crippen LogP contribution in [0.1, 0.15) is 32.8 Å². The molecule has 68 valence electrons. The van der Waals surface area contributed by atoms with Crippen LogP contribution in [-0.2, 0) is 6.42 Å². The molecule has 2 nitrogen and oxygen atoms in total. The first-order valence-corrected chi connectivity index (χ1v) is 4.54. The molecule has 0 spiro atoms. The standard InChI is InChI=1S/C8H12N2.C2H6/c1-2-4-7-5-3-6-10-8(7)9;1-2/h3,5-6H,2,4H2,1H3,(H2,9,10);1-2H3. The Morgan fingerprint density at radius 3 is 2.58 bits per heavy atom. The summed E-state index contributed by atoms with van der Waals surface area (Å²) >= 11 is 0. The number of aryl methyl sites for hydroxylation is 1. The highest BCUT2D eigenvalue weighted by Crippen LogP contribution is 2.08. The largest absolute Gasteiger partial charge is 0.383 e. The fourth-order valence-electron chi connectivity index (χ4n) is 0.932. The van der Waals surface area contributed by atoms with E-state index in [1.165, 1.54) is 0 Å². The molecule has 0 saturated carbocycles. The minimum atomic E-state index is 0.671. The van der Waals surface area contributed by atoms with Gasteiger partial charge in [0.2, 0.25) is 0 Å². The summed E-state index contributed by atoms with van der Waals surface area (Å²) in [6, 6.07) is 3.94. The molecule has 1 heterocycles. The molecule has 0 saturated heterocycles. The average Bonchev–Trinajstić information content (AvgIpc) is 2.13. The first kappa shape index (κ1) is 11.0. The summed E-state index contributed by atoms with van der Waals surface area (Å²) in [5.74, 6) is 0.671. The second-order valence-corrected chi connectivity index (χ2v) is 2.30. The zero-order valence-electron chi connectivity index (χ0n) is 8.17. The molecule has 0 aliphatic heterocycles. The summed E-state index contributed by atoms with van der Waals surface area (Å²) in [7, 11) is 0. The molecule has 0 amide bonds. The van der Waals surface area contributed by atoms with E-state index < -0.39 is 0 Å². The number of nitrogen functional groups attached to an aromatic ring is 1. The molecule has 0 radical (unpaired) electrons. The van der Waals surface area contributed by atoms with Crippen LogP contribution < -0.4 is 5.73 Å². The summed E-state index contributed by atoms with van der Waals surface area (Å²) in [5.41, 5.74) is 6.75. The summed E-state index contributed by atoms with van der Waals surface area (Å²) in [6.07, 6.45) is 3.87. The Kier molecular flexibility index (Phi) is 6.07. The summed E-state index contributed by atoms with van der Waals surface area (Å²) in [6.45, 7) is 6.13. The number of hydrogen-bond acceptors (Lipinski definition) is 2. The zero-order chi connectivity index (χ0) is 9.40. The van der Waals surface area contributed by atoms with Gasteiger partial charge in [0.1, 0.15) is 5.82 Å². The van der Waals surface area contributed by atoms with Crippen LogP contribution in [0.15, 0.2) is 18.3 Å². The molecule has 0 aliphatic rings. The minimum absolute atomic E-state index is 0.671. The number of nitrogens with zero attached hydrogens (tertiary/aromatic N) is 1. The van der Waals surface area contributed by atoms with Gasteiger partial charge in [0.05, 0.1) is 0 Å². The molecule has 0 bridgehead atoms. The Morgan fingerprint density at radius 1 is 1.42 bits per heavy atom. The van der Waals surface area contributed by atoms with Gasteiger partial charge in [0, 0.05) is 6.20 Å². The van der Waals surface area contributed by atoms with Gasteiger partial charge in [-0.2, -0.15) is 0 Å². The van der Waals surface area contributed by atoms with Gasteiger partial charge >= 0.3 is 0 Å². The van der Waals surface area contributed by atoms with Crippen molar-refractivity contribution in [1.29, 1.82) is 0 Å². The van der Waals surface area contributed by atoms with Crippen molar-refractivity contribution in [1.82, 2.24) is 4.98 Å². The Balaban J connectivity index is 0.000000561. The lowest BCUT2D eigenvalue weighted by Gasteiger charge is -1.99. The molecule has 0 aliphatic carbocycles. The lowest BCUT2D eigenvalue weighted by atomic mass is 10.1. The second kappa shape index (κ2) is 6.65. The Bertz CT molecular complexity index is 209. The number of pyridine rings is 1. The molecule has 1 aromatic heterocycles. The quantitative estimate of drug-likeness (QED) is 0.733. The van der Waals surface area contributed by atoms with Crippen LogP contribution in [-0.4, -0.2) is 4.98 Å². The molecule has 2 N–H and O–H groups in total. The number of aromatic nitrogens is 1. The third kappa shape index (κ3) is 3.37. The number of rotatable bonds is 2. The minimum Gasteiger partial charge on any atom is -0.383 e. The van der Waals surface area contributed by atoms with Crippen LogP contribution in [0.4, 0.5) is 5.82 Å². The third-order valence-electron chi connectivity index (χ3n) is 1.45. The Morgan fingerprint density at radius 2 is 2.08 bits per heavy atom. The first-order chi connectivity index (χ1) is 5.84. The predicted octanol–water partition coefficient (Wildman–Crippen LogP) is 2.64. The van der Waals surface area contributed by atoms with Crippen LogP contribution in [0.2, 0.25) is 0 Å². The van der Waals surface area contributed by atoms with Gasteiger partial charge in [-0.15, -0.1) is 0 Å². The summed E-state index contributed by atoms with van der Waals surface area (Å²) in [5, 5.41) is 0. The Hall–Kier alpha value is -1.05. The summed E-state index contributed by atoms with van der Waals surface area (Å²) in [4.78, 5) is 3.98. The van der Waals surface area contributed by atoms with Crippen LogP contribution in [0.3, 0.4) is 0 Å². The van der Waals surface area contributed by atoms with Crippen molar-refractivity contribution in [3.8, 4) is 0 Å². The maximum atomic E-state index is 5.60. The van der Waals surface area contributed by atoms with Gasteiger partial charge in [-0.05, 0) is 18.1 Å². The molecular weight excluding hydrogens is 148 g/mol. The SMILES string of the molecule is CC.CCCc1cccnc1N. The first-order valence-electron chi connectivity index (χ1n) is 4.54. The van der Waals surface area contributed by atoms with Gasteiger partial charge in [0.25, 0.3) is 0 Å². The van der Waals surface area contributed by atoms with Crippen LogP contribution in [0, 0.1) is 0 Å². The summed E-state index contributed by atoms with van der Waals surface area (Å²) < 4.78 is 0. The van der Waals surface area contributed by atoms with E-state index >= 15 is 0 Å². The topological polar surface area (TPSA) is 38.9 Å². The number of hydrogen-bond donors (Lipinski definition) is 1. The molecule has 1 rings (SSSR count). The molecule has 0 fully saturated rings. The van der Waals surface area contributed by atoms with E-state index in [1.54, 1.807) is 6.20 Å². The van der Waals surface area contributed by atoms with Crippen molar-refractivity contribution in [2.45, 2.75) is 33.6 Å². The zero-order valence-corrected chi connectivity index (χ0v) is 8.17. The fourth-order valence-corrected chi connectivity index (χ4v) is 0.932. The van der Waals surface area contributed by atoms with Gasteiger partial charge in [-0.3, -0.25) is 0 Å². The van der Waals surface area contributed by atoms with Crippen molar-refractivity contribution in [3.05, 3.63) is 23.9 Å². The van der Waals surface area contributed by atoms with E-state index in [2.05, 4.69) is 11.9 Å². The maximum Gasteiger partial charge on any atom is 0.126 e. The molecule has 0 atom stereocenters. The van der Waals surface area contributed by atoms with Gasteiger partial charge in [-0.1, -0.05) is 33.3 Å². The molecule has 1 aromatic rings. The van der Waals surface area contributed by atoms with Gasteiger partial charge < -0.3 is 5.73 Å². The van der Waals surface area contributed by atoms with E-state index in [9.17, 15) is 0 Å². The van der Waals surface area contributed by atoms with E-state index in [1.807, 2.05) is 26.0 Å². The third-order valence-corrected chi connectivity index (χ3v) is 1.45. The lowest BCUT2D eigenvalue weighted by Crippen LogP contribution is -1.95. The number of nitrogens with two attached hydrogens (primary N) is 1. The van der Waals surface area contributed by atoms with Crippen molar-refractivity contribution < 1.29 is 0 Å². The molecule has 0 unspecified atom stereocenters. The maximum absolute atomic E-state index is 5.60. The van der Waals surface area contributed by atoms with Crippen molar-refractivity contribution in [2.24, 2.45) is 0 Å². The molecule has 2 heteroatoms. The average molecular weight is 166 g/mol. The van der Waals surface area contributed by atoms with Crippen molar-refractivity contribution >= 4 is 5.82 Å². The van der Waals surface area contributed by atoms with E-state index in [4.69, 9.17) is 5.73 Å². The second-order valence-electron chi connectivity index (χ2n) is 2.30. The smallest absolute Gasteiger partial charge is 0.126 e. The van der Waals surface area contributed by atoms with Crippen molar-refractivity contribution in [2.75, 3.05) is 5.73 Å². The highest BCUT2D eigenvalue weighted by Gasteiger charge is 1.94. The Labute approximate surface area is 74.8 Å². The predicted molar refractivity (Wildman–Crippen MR) is 54.0 cm³/mol. The lowest BCUT2D eigenvalue weighted by molar-refractivity contribution is 0.918. The van der Waals surface area contributed by atoms with Gasteiger partial charge in [-0.25, -0.2) is 4.98 Å². The van der Waals surface area contributed by atoms with E-state index in [0.29, 0.717) is 5.82 Å². The number of anilines is 1. The molecule has 12 heavy (non-hydrogen) atoms. The molecule has 0 aromatic carbocycles.